The van der Waals surface area contributed by atoms with Gasteiger partial charge in [0, 0.05) is 6.04 Å². The van der Waals surface area contributed by atoms with Crippen LogP contribution in [-0.2, 0) is 0 Å². The molecule has 3 N–H and O–H groups in total. The molecule has 10 heavy (non-hydrogen) atoms. The van der Waals surface area contributed by atoms with Crippen LogP contribution in [0.25, 0.3) is 0 Å². The molecule has 0 spiro atoms. The third kappa shape index (κ3) is 1.28. The third-order valence-electron chi connectivity index (χ3n) is 1.85. The Morgan fingerprint density at radius 3 is 2.60 bits per heavy atom. The Bertz CT molecular complexity index is 168. The Kier molecular flexibility index (Phi) is 1.92. The summed E-state index contributed by atoms with van der Waals surface area (Å²) in [4.78, 5) is 0. The first-order chi connectivity index (χ1) is 4.67. The normalized spacial score (nSPS) is 38.5. The number of allylic oxidation sites excluding steroid dienone is 2. The van der Waals surface area contributed by atoms with Gasteiger partial charge in [-0.25, -0.2) is 0 Å². The summed E-state index contributed by atoms with van der Waals surface area (Å²) >= 11 is 0. The number of rotatable bonds is 1. The fourth-order valence-corrected chi connectivity index (χ4v) is 1.16. The largest absolute Gasteiger partial charge is 0.321 e. The molecule has 2 nitrogen and oxygen atoms in total. The topological polar surface area (TPSA) is 38.0 Å². The first-order valence-corrected chi connectivity index (χ1v) is 3.49. The monoisotopic (exact) mass is 138 g/mol. The van der Waals surface area contributed by atoms with Crippen LogP contribution in [0.1, 0.15) is 6.92 Å². The molecule has 1 aliphatic carbocycles. The molecule has 0 fully saturated rings. The van der Waals surface area contributed by atoms with Crippen molar-refractivity contribution < 1.29 is 0 Å². The molecule has 0 aromatic carbocycles. The van der Waals surface area contributed by atoms with E-state index in [1.165, 1.54) is 0 Å². The van der Waals surface area contributed by atoms with E-state index >= 15 is 0 Å². The predicted octanol–water partition coefficient (Wildman–Crippen LogP) is 0.418. The molecule has 0 radical (unpaired) electrons. The molecule has 2 heteroatoms. The van der Waals surface area contributed by atoms with Crippen molar-refractivity contribution in [1.82, 2.24) is 5.32 Å². The third-order valence-corrected chi connectivity index (χ3v) is 1.85. The van der Waals surface area contributed by atoms with Gasteiger partial charge in [-0.1, -0.05) is 24.3 Å². The maximum Gasteiger partial charge on any atom is 0.0505 e. The van der Waals surface area contributed by atoms with E-state index in [0.717, 1.165) is 0 Å². The Labute approximate surface area is 61.8 Å². The molecule has 0 aromatic rings. The van der Waals surface area contributed by atoms with E-state index in [4.69, 9.17) is 5.73 Å². The molecule has 0 aliphatic heterocycles. The van der Waals surface area contributed by atoms with Gasteiger partial charge < -0.3 is 11.1 Å². The van der Waals surface area contributed by atoms with Crippen molar-refractivity contribution in [2.45, 2.75) is 18.5 Å². The van der Waals surface area contributed by atoms with Crippen LogP contribution in [0.4, 0.5) is 0 Å². The van der Waals surface area contributed by atoms with Crippen LogP contribution in [0.15, 0.2) is 24.3 Å². The standard InChI is InChI=1S/C8H14N2/c1-8(9)6-4-3-5-7(8)10-2/h3-7,10H,9H2,1-2H3. The lowest BCUT2D eigenvalue weighted by Crippen LogP contribution is -2.52. The van der Waals surface area contributed by atoms with Crippen LogP contribution in [0.5, 0.6) is 0 Å². The lowest BCUT2D eigenvalue weighted by atomic mass is 9.90. The van der Waals surface area contributed by atoms with Gasteiger partial charge in [-0.3, -0.25) is 0 Å². The van der Waals surface area contributed by atoms with Crippen LogP contribution < -0.4 is 11.1 Å². The highest BCUT2D eigenvalue weighted by Crippen LogP contribution is 2.13. The van der Waals surface area contributed by atoms with Crippen LogP contribution in [0.3, 0.4) is 0 Å². The smallest absolute Gasteiger partial charge is 0.0505 e. The highest BCUT2D eigenvalue weighted by molar-refractivity contribution is 5.25. The molecule has 0 bridgehead atoms. The molecule has 1 rings (SSSR count). The first-order valence-electron chi connectivity index (χ1n) is 3.49. The second-order valence-corrected chi connectivity index (χ2v) is 2.88. The first kappa shape index (κ1) is 7.51. The molecule has 56 valence electrons. The van der Waals surface area contributed by atoms with Gasteiger partial charge in [0.25, 0.3) is 0 Å². The molecule has 1 aliphatic rings. The van der Waals surface area contributed by atoms with E-state index in [9.17, 15) is 0 Å². The van der Waals surface area contributed by atoms with Crippen molar-refractivity contribution in [3.05, 3.63) is 24.3 Å². The van der Waals surface area contributed by atoms with Gasteiger partial charge in [0.15, 0.2) is 0 Å². The second-order valence-electron chi connectivity index (χ2n) is 2.88. The zero-order valence-electron chi connectivity index (χ0n) is 6.46. The van der Waals surface area contributed by atoms with Crippen LogP contribution >= 0.6 is 0 Å². The minimum atomic E-state index is -0.233. The molecular formula is C8H14N2. The molecule has 0 saturated heterocycles. The quantitative estimate of drug-likeness (QED) is 0.551. The average Bonchev–Trinajstić information content (AvgIpc) is 1.87. The number of hydrogen-bond donors (Lipinski definition) is 2. The van der Waals surface area contributed by atoms with Crippen molar-refractivity contribution in [2.75, 3.05) is 7.05 Å². The molecule has 0 heterocycles. The van der Waals surface area contributed by atoms with Crippen LogP contribution in [-0.4, -0.2) is 18.6 Å². The van der Waals surface area contributed by atoms with Crippen molar-refractivity contribution >= 4 is 0 Å². The summed E-state index contributed by atoms with van der Waals surface area (Å²) < 4.78 is 0. The Balaban J connectivity index is 2.74. The van der Waals surface area contributed by atoms with Gasteiger partial charge in [-0.05, 0) is 14.0 Å². The van der Waals surface area contributed by atoms with Gasteiger partial charge in [-0.2, -0.15) is 0 Å². The summed E-state index contributed by atoms with van der Waals surface area (Å²) in [6.07, 6.45) is 8.07. The zero-order valence-corrected chi connectivity index (χ0v) is 6.46. The average molecular weight is 138 g/mol. The van der Waals surface area contributed by atoms with Crippen LogP contribution in [0, 0.1) is 0 Å². The number of likely N-dealkylation sites (N-methyl/N-ethyl adjacent to an activating group) is 1. The van der Waals surface area contributed by atoms with Crippen molar-refractivity contribution in [2.24, 2.45) is 5.73 Å². The van der Waals surface area contributed by atoms with E-state index in [2.05, 4.69) is 11.4 Å². The molecule has 0 saturated carbocycles. The van der Waals surface area contributed by atoms with E-state index < -0.39 is 0 Å². The highest BCUT2D eigenvalue weighted by atomic mass is 14.9. The lowest BCUT2D eigenvalue weighted by Gasteiger charge is -2.30. The van der Waals surface area contributed by atoms with Crippen molar-refractivity contribution in [1.29, 1.82) is 0 Å². The summed E-state index contributed by atoms with van der Waals surface area (Å²) in [5, 5.41) is 3.13. The molecular weight excluding hydrogens is 124 g/mol. The Morgan fingerprint density at radius 1 is 1.50 bits per heavy atom. The molecule has 0 aromatic heterocycles. The summed E-state index contributed by atoms with van der Waals surface area (Å²) in [5.74, 6) is 0. The molecule has 2 atom stereocenters. The van der Waals surface area contributed by atoms with E-state index in [0.29, 0.717) is 0 Å². The van der Waals surface area contributed by atoms with Gasteiger partial charge in [0.2, 0.25) is 0 Å². The summed E-state index contributed by atoms with van der Waals surface area (Å²) in [6, 6.07) is 0.262. The number of nitrogens with one attached hydrogen (secondary N) is 1. The Hall–Kier alpha value is -0.600. The van der Waals surface area contributed by atoms with Crippen molar-refractivity contribution in [3.8, 4) is 0 Å². The minimum absolute atomic E-state index is 0.233. The molecule has 2 unspecified atom stereocenters. The SMILES string of the molecule is CNC1C=CC=CC1(C)N. The molecule has 0 amide bonds. The highest BCUT2D eigenvalue weighted by Gasteiger charge is 2.24. The number of hydrogen-bond acceptors (Lipinski definition) is 2. The van der Waals surface area contributed by atoms with E-state index in [-0.39, 0.29) is 11.6 Å². The van der Waals surface area contributed by atoms with E-state index in [1.807, 2.05) is 32.2 Å². The Morgan fingerprint density at radius 2 is 2.20 bits per heavy atom. The second kappa shape index (κ2) is 2.56. The summed E-state index contributed by atoms with van der Waals surface area (Å²) in [6.45, 7) is 2.01. The maximum atomic E-state index is 5.93. The zero-order chi connectivity index (χ0) is 7.61. The van der Waals surface area contributed by atoms with Gasteiger partial charge in [0.1, 0.15) is 0 Å². The van der Waals surface area contributed by atoms with Crippen molar-refractivity contribution in [3.63, 3.8) is 0 Å². The minimum Gasteiger partial charge on any atom is -0.321 e. The van der Waals surface area contributed by atoms with Crippen LogP contribution in [0.2, 0.25) is 0 Å². The van der Waals surface area contributed by atoms with Gasteiger partial charge in [-0.15, -0.1) is 0 Å². The maximum absolute atomic E-state index is 5.93. The fourth-order valence-electron chi connectivity index (χ4n) is 1.16. The lowest BCUT2D eigenvalue weighted by molar-refractivity contribution is 0.457. The fraction of sp³-hybridized carbons (Fsp3) is 0.500. The predicted molar refractivity (Wildman–Crippen MR) is 43.7 cm³/mol. The van der Waals surface area contributed by atoms with E-state index in [1.54, 1.807) is 0 Å². The summed E-state index contributed by atoms with van der Waals surface area (Å²) in [5.41, 5.74) is 5.70. The van der Waals surface area contributed by atoms with Gasteiger partial charge in [0.05, 0.1) is 5.54 Å². The summed E-state index contributed by atoms with van der Waals surface area (Å²) in [7, 11) is 1.92. The number of nitrogens with two attached hydrogens (primary N) is 1. The van der Waals surface area contributed by atoms with Gasteiger partial charge >= 0.3 is 0 Å².